The molecule has 5 heteroatoms. The first-order chi connectivity index (χ1) is 6.27. The first-order valence-electron chi connectivity index (χ1n) is 4.72. The Bertz CT molecular complexity index is 191. The SMILES string of the molecule is CCC(C[N+](=O)[O-])O[S+](C)C(C)(C)C. The van der Waals surface area contributed by atoms with Gasteiger partial charge in [0.05, 0.1) is 0 Å². The van der Waals surface area contributed by atoms with E-state index in [1.54, 1.807) is 0 Å². The number of nitrogens with zero attached hydrogens (tertiary/aromatic N) is 1. The first kappa shape index (κ1) is 13.7. The van der Waals surface area contributed by atoms with E-state index in [-0.39, 0.29) is 33.5 Å². The normalized spacial score (nSPS) is 16.4. The molecular weight excluding hydrogens is 202 g/mol. The van der Waals surface area contributed by atoms with Gasteiger partial charge in [-0.2, -0.15) is 4.18 Å². The van der Waals surface area contributed by atoms with Gasteiger partial charge in [0.1, 0.15) is 17.4 Å². The van der Waals surface area contributed by atoms with Gasteiger partial charge in [-0.15, -0.1) is 0 Å². The van der Waals surface area contributed by atoms with Crippen LogP contribution in [0.25, 0.3) is 0 Å². The lowest BCUT2D eigenvalue weighted by Crippen LogP contribution is -2.35. The van der Waals surface area contributed by atoms with Crippen LogP contribution in [0, 0.1) is 10.1 Å². The number of rotatable bonds is 5. The maximum atomic E-state index is 10.3. The van der Waals surface area contributed by atoms with E-state index in [4.69, 9.17) is 4.18 Å². The molecule has 2 unspecified atom stereocenters. The van der Waals surface area contributed by atoms with E-state index in [0.29, 0.717) is 6.42 Å². The van der Waals surface area contributed by atoms with Crippen molar-refractivity contribution in [2.75, 3.05) is 12.8 Å². The van der Waals surface area contributed by atoms with Crippen molar-refractivity contribution < 1.29 is 9.11 Å². The van der Waals surface area contributed by atoms with Crippen LogP contribution in [-0.4, -0.2) is 28.6 Å². The third-order valence-corrected chi connectivity index (χ3v) is 4.24. The molecule has 0 aromatic carbocycles. The van der Waals surface area contributed by atoms with E-state index >= 15 is 0 Å². The summed E-state index contributed by atoms with van der Waals surface area (Å²) >= 11 is -0.238. The van der Waals surface area contributed by atoms with Gasteiger partial charge >= 0.3 is 0 Å². The molecule has 0 saturated carbocycles. The molecule has 0 aliphatic carbocycles. The maximum absolute atomic E-state index is 10.3. The highest BCUT2D eigenvalue weighted by Gasteiger charge is 2.35. The second-order valence-electron chi connectivity index (χ2n) is 4.21. The number of hydrogen-bond acceptors (Lipinski definition) is 3. The summed E-state index contributed by atoms with van der Waals surface area (Å²) in [6, 6.07) is 0. The van der Waals surface area contributed by atoms with Crippen LogP contribution in [0.3, 0.4) is 0 Å². The van der Waals surface area contributed by atoms with Gasteiger partial charge in [0, 0.05) is 4.92 Å². The second kappa shape index (κ2) is 5.56. The number of hydrogen-bond donors (Lipinski definition) is 0. The third kappa shape index (κ3) is 5.44. The van der Waals surface area contributed by atoms with E-state index < -0.39 is 0 Å². The zero-order valence-electron chi connectivity index (χ0n) is 9.57. The molecule has 0 heterocycles. The number of nitro groups is 1. The summed E-state index contributed by atoms with van der Waals surface area (Å²) in [6.45, 7) is 8.05. The Morgan fingerprint density at radius 1 is 1.50 bits per heavy atom. The summed E-state index contributed by atoms with van der Waals surface area (Å²) in [5.74, 6) is 0. The van der Waals surface area contributed by atoms with Crippen molar-refractivity contribution in [2.24, 2.45) is 0 Å². The average Bonchev–Trinajstić information content (AvgIpc) is 2.00. The third-order valence-electron chi connectivity index (χ3n) is 1.95. The fraction of sp³-hybridized carbons (Fsp3) is 1.00. The van der Waals surface area contributed by atoms with Gasteiger partial charge in [0.2, 0.25) is 6.54 Å². The van der Waals surface area contributed by atoms with Gasteiger partial charge in [-0.25, -0.2) is 0 Å². The van der Waals surface area contributed by atoms with Crippen LogP contribution < -0.4 is 0 Å². The lowest BCUT2D eigenvalue weighted by Gasteiger charge is -2.18. The quantitative estimate of drug-likeness (QED) is 0.406. The Morgan fingerprint density at radius 3 is 2.29 bits per heavy atom. The topological polar surface area (TPSA) is 52.4 Å². The Labute approximate surface area is 88.7 Å². The molecule has 2 atom stereocenters. The minimum absolute atomic E-state index is 0.0595. The van der Waals surface area contributed by atoms with Crippen molar-refractivity contribution >= 4 is 11.2 Å². The molecule has 0 amide bonds. The zero-order valence-corrected chi connectivity index (χ0v) is 10.4. The summed E-state index contributed by atoms with van der Waals surface area (Å²) in [7, 11) is 0. The van der Waals surface area contributed by atoms with Crippen molar-refractivity contribution in [1.82, 2.24) is 0 Å². The van der Waals surface area contributed by atoms with Crippen LogP contribution in [-0.2, 0) is 15.4 Å². The van der Waals surface area contributed by atoms with E-state index in [2.05, 4.69) is 20.8 Å². The Morgan fingerprint density at radius 2 is 2.00 bits per heavy atom. The van der Waals surface area contributed by atoms with Crippen molar-refractivity contribution in [3.8, 4) is 0 Å². The summed E-state index contributed by atoms with van der Waals surface area (Å²) < 4.78 is 5.72. The monoisotopic (exact) mass is 222 g/mol. The summed E-state index contributed by atoms with van der Waals surface area (Å²) in [5, 5.41) is 10.3. The van der Waals surface area contributed by atoms with E-state index in [0.717, 1.165) is 0 Å². The second-order valence-corrected chi connectivity index (χ2v) is 6.53. The minimum atomic E-state index is -0.311. The molecule has 4 nitrogen and oxygen atoms in total. The van der Waals surface area contributed by atoms with Gasteiger partial charge in [-0.3, -0.25) is 10.1 Å². The molecule has 0 aromatic heterocycles. The first-order valence-corrected chi connectivity index (χ1v) is 6.28. The van der Waals surface area contributed by atoms with Gasteiger partial charge < -0.3 is 0 Å². The Balaban J connectivity index is 4.11. The van der Waals surface area contributed by atoms with Crippen molar-refractivity contribution in [3.63, 3.8) is 0 Å². The van der Waals surface area contributed by atoms with Gasteiger partial charge in [0.15, 0.2) is 10.9 Å². The van der Waals surface area contributed by atoms with E-state index in [9.17, 15) is 10.1 Å². The van der Waals surface area contributed by atoms with Crippen molar-refractivity contribution in [3.05, 3.63) is 10.1 Å². The summed E-state index contributed by atoms with van der Waals surface area (Å²) in [4.78, 5) is 10.0. The highest BCUT2D eigenvalue weighted by atomic mass is 32.2. The molecule has 0 radical (unpaired) electrons. The van der Waals surface area contributed by atoms with Crippen LogP contribution in [0.1, 0.15) is 34.1 Å². The van der Waals surface area contributed by atoms with Gasteiger partial charge in [-0.05, 0) is 27.2 Å². The molecular formula is C9H20NO3S+. The van der Waals surface area contributed by atoms with E-state index in [1.165, 1.54) is 0 Å². The summed E-state index contributed by atoms with van der Waals surface area (Å²) in [6.07, 6.45) is 2.43. The average molecular weight is 222 g/mol. The predicted octanol–water partition coefficient (Wildman–Crippen LogP) is 2.02. The molecule has 0 aliphatic rings. The molecule has 0 fully saturated rings. The molecule has 14 heavy (non-hydrogen) atoms. The molecule has 0 aliphatic heterocycles. The minimum Gasteiger partial charge on any atom is -0.264 e. The summed E-state index contributed by atoms with van der Waals surface area (Å²) in [5.41, 5.74) is 0. The van der Waals surface area contributed by atoms with Crippen molar-refractivity contribution in [1.29, 1.82) is 0 Å². The van der Waals surface area contributed by atoms with Gasteiger partial charge in [0.25, 0.3) is 0 Å². The molecule has 0 spiro atoms. The van der Waals surface area contributed by atoms with Crippen LogP contribution >= 0.6 is 0 Å². The van der Waals surface area contributed by atoms with Gasteiger partial charge in [-0.1, -0.05) is 6.92 Å². The fourth-order valence-electron chi connectivity index (χ4n) is 0.742. The Hall–Kier alpha value is -0.290. The largest absolute Gasteiger partial charge is 0.264 e. The molecule has 0 N–H and O–H groups in total. The molecule has 84 valence electrons. The van der Waals surface area contributed by atoms with Crippen LogP contribution in [0.15, 0.2) is 0 Å². The lowest BCUT2D eigenvalue weighted by atomic mass is 10.3. The predicted molar refractivity (Wildman–Crippen MR) is 60.1 cm³/mol. The molecule has 0 rings (SSSR count). The highest BCUT2D eigenvalue weighted by molar-refractivity contribution is 7.93. The molecule has 0 bridgehead atoms. The lowest BCUT2D eigenvalue weighted by molar-refractivity contribution is -0.488. The van der Waals surface area contributed by atoms with E-state index in [1.807, 2.05) is 13.2 Å². The highest BCUT2D eigenvalue weighted by Crippen LogP contribution is 2.20. The zero-order chi connectivity index (χ0) is 11.4. The maximum Gasteiger partial charge on any atom is 0.235 e. The smallest absolute Gasteiger partial charge is 0.235 e. The fourth-order valence-corrected chi connectivity index (χ4v) is 1.64. The van der Waals surface area contributed by atoms with Crippen LogP contribution in [0.4, 0.5) is 0 Å². The molecule has 0 saturated heterocycles. The standard InChI is InChI=1S/C9H20NO3S/c1-6-8(7-10(11)12)13-14(5)9(2,3)4/h8H,6-7H2,1-5H3/q+1. The Kier molecular flexibility index (Phi) is 5.44. The van der Waals surface area contributed by atoms with Crippen molar-refractivity contribution in [2.45, 2.75) is 45.0 Å². The van der Waals surface area contributed by atoms with Crippen LogP contribution in [0.5, 0.6) is 0 Å². The van der Waals surface area contributed by atoms with Crippen LogP contribution in [0.2, 0.25) is 0 Å². The molecule has 0 aromatic rings.